The number of likely N-dealkylation sites (tertiary alicyclic amines) is 1. The summed E-state index contributed by atoms with van der Waals surface area (Å²) in [5, 5.41) is 22.8. The second-order valence-electron chi connectivity index (χ2n) is 12.0. The number of ether oxygens (including phenoxy) is 3. The second kappa shape index (κ2) is 14.2. The molecule has 0 aliphatic carbocycles. The number of aliphatic hydroxyl groups excluding tert-OH is 1. The quantitative estimate of drug-likeness (QED) is 0.328. The molecule has 0 saturated carbocycles. The van der Waals surface area contributed by atoms with Gasteiger partial charge < -0.3 is 34.4 Å². The predicted molar refractivity (Wildman–Crippen MR) is 172 cm³/mol. The zero-order chi connectivity index (χ0) is 33.8. The Morgan fingerprint density at radius 3 is 2.62 bits per heavy atom. The highest BCUT2D eigenvalue weighted by Gasteiger charge is 2.48. The van der Waals surface area contributed by atoms with E-state index in [-0.39, 0.29) is 36.6 Å². The number of piperazine rings is 1. The van der Waals surface area contributed by atoms with E-state index in [1.807, 2.05) is 18.2 Å². The lowest BCUT2D eigenvalue weighted by Crippen LogP contribution is -2.57. The van der Waals surface area contributed by atoms with Crippen LogP contribution >= 0.6 is 0 Å². The first-order chi connectivity index (χ1) is 23.2. The molecular formula is C33H38F2N8O5. The third-order valence-corrected chi connectivity index (χ3v) is 8.90. The minimum Gasteiger partial charge on any atom is -0.483 e. The van der Waals surface area contributed by atoms with Crippen LogP contribution in [0.4, 0.5) is 26.2 Å². The number of pyridine rings is 1. The number of anilines is 3. The summed E-state index contributed by atoms with van der Waals surface area (Å²) < 4.78 is 46.7. The maximum Gasteiger partial charge on any atom is 0.301 e. The minimum atomic E-state index is -3.38. The maximum absolute atomic E-state index is 15.0. The average molecular weight is 665 g/mol. The Labute approximate surface area is 277 Å². The number of nitrogens with one attached hydrogen (secondary N) is 1. The molecular weight excluding hydrogens is 626 g/mol. The molecule has 3 fully saturated rings. The Morgan fingerprint density at radius 1 is 1.17 bits per heavy atom. The van der Waals surface area contributed by atoms with Crippen molar-refractivity contribution in [1.82, 2.24) is 24.8 Å². The molecule has 48 heavy (non-hydrogen) atoms. The van der Waals surface area contributed by atoms with Gasteiger partial charge in [0.25, 0.3) is 5.91 Å². The number of carbonyl (C=O) groups excluding carboxylic acids is 1. The first-order valence-electron chi connectivity index (χ1n) is 16.0. The van der Waals surface area contributed by atoms with E-state index in [0.29, 0.717) is 29.0 Å². The molecule has 1 unspecified atom stereocenters. The zero-order valence-electron chi connectivity index (χ0n) is 26.8. The van der Waals surface area contributed by atoms with E-state index in [1.54, 1.807) is 32.4 Å². The molecule has 2 atom stereocenters. The highest BCUT2D eigenvalue weighted by molar-refractivity contribution is 5.80. The van der Waals surface area contributed by atoms with Crippen LogP contribution in [0.2, 0.25) is 0 Å². The summed E-state index contributed by atoms with van der Waals surface area (Å²) in [5.74, 6) is -2.88. The van der Waals surface area contributed by atoms with Gasteiger partial charge in [0, 0.05) is 50.9 Å². The summed E-state index contributed by atoms with van der Waals surface area (Å²) in [6.07, 6.45) is -1.33. The Kier molecular flexibility index (Phi) is 9.86. The van der Waals surface area contributed by atoms with Crippen molar-refractivity contribution in [1.29, 1.82) is 5.26 Å². The Morgan fingerprint density at radius 2 is 1.96 bits per heavy atom. The topological polar surface area (TPSA) is 149 Å². The van der Waals surface area contributed by atoms with Crippen LogP contribution in [0.3, 0.4) is 0 Å². The van der Waals surface area contributed by atoms with Gasteiger partial charge in [-0.05, 0) is 42.8 Å². The molecule has 2 N–H and O–H groups in total. The fourth-order valence-corrected chi connectivity index (χ4v) is 6.02. The molecule has 1 aromatic carbocycles. The number of carbonyl (C=O) groups is 1. The van der Waals surface area contributed by atoms with Crippen LogP contribution in [0.25, 0.3) is 11.3 Å². The molecule has 1 amide bonds. The summed E-state index contributed by atoms with van der Waals surface area (Å²) in [7, 11) is 1.58. The van der Waals surface area contributed by atoms with Crippen molar-refractivity contribution >= 4 is 23.4 Å². The van der Waals surface area contributed by atoms with Gasteiger partial charge in [-0.1, -0.05) is 6.92 Å². The molecule has 0 bridgehead atoms. The Balaban J connectivity index is 1.12. The van der Waals surface area contributed by atoms with Crippen LogP contribution in [0.5, 0.6) is 11.6 Å². The number of methoxy groups -OCH3 is 1. The molecule has 3 aromatic rings. The van der Waals surface area contributed by atoms with Crippen molar-refractivity contribution < 1.29 is 32.9 Å². The van der Waals surface area contributed by atoms with E-state index in [0.717, 1.165) is 50.0 Å². The maximum atomic E-state index is 15.0. The highest BCUT2D eigenvalue weighted by Crippen LogP contribution is 2.35. The third kappa shape index (κ3) is 7.10. The number of nitrogens with zero attached hydrogens (tertiary/aromatic N) is 7. The van der Waals surface area contributed by atoms with Gasteiger partial charge >= 0.3 is 5.92 Å². The molecule has 5 heterocycles. The molecule has 3 aliphatic heterocycles. The lowest BCUT2D eigenvalue weighted by atomic mass is 10.0. The van der Waals surface area contributed by atoms with Crippen molar-refractivity contribution in [2.45, 2.75) is 43.9 Å². The van der Waals surface area contributed by atoms with Crippen LogP contribution in [0.15, 0.2) is 42.6 Å². The number of nitriles is 1. The summed E-state index contributed by atoms with van der Waals surface area (Å²) in [5.41, 5.74) is 2.00. The van der Waals surface area contributed by atoms with Crippen LogP contribution < -0.4 is 19.7 Å². The van der Waals surface area contributed by atoms with Gasteiger partial charge in [-0.15, -0.1) is 0 Å². The van der Waals surface area contributed by atoms with Crippen molar-refractivity contribution in [3.8, 4) is 29.0 Å². The van der Waals surface area contributed by atoms with Crippen LogP contribution in [0, 0.1) is 11.3 Å². The van der Waals surface area contributed by atoms with Crippen LogP contribution in [-0.2, 0) is 9.53 Å². The highest BCUT2D eigenvalue weighted by atomic mass is 19.3. The molecule has 3 saturated heterocycles. The summed E-state index contributed by atoms with van der Waals surface area (Å²) in [4.78, 5) is 31.4. The van der Waals surface area contributed by atoms with Gasteiger partial charge in [-0.3, -0.25) is 9.69 Å². The average Bonchev–Trinajstić information content (AvgIpc) is 3.08. The number of aliphatic hydroxyl groups is 1. The lowest BCUT2D eigenvalue weighted by molar-refractivity contribution is -0.166. The largest absolute Gasteiger partial charge is 0.483 e. The predicted octanol–water partition coefficient (Wildman–Crippen LogP) is 3.07. The minimum absolute atomic E-state index is 0.00144. The van der Waals surface area contributed by atoms with Crippen molar-refractivity contribution in [3.05, 3.63) is 48.2 Å². The summed E-state index contributed by atoms with van der Waals surface area (Å²) >= 11 is 0. The van der Waals surface area contributed by atoms with Crippen LogP contribution in [-0.4, -0.2) is 120 Å². The SMILES string of the molecule is CC[C@H](O)C(=O)N1CCC(Oc2ccc(-c3ccnc(Nc4ccc(N5CCN(C6COC6)CC5)c(OC)n4)n3)cc2C#N)C(F)(F)C1. The molecule has 15 heteroatoms. The fraction of sp³-hybridized carbons (Fsp3) is 0.485. The smallest absolute Gasteiger partial charge is 0.301 e. The van der Waals surface area contributed by atoms with Crippen molar-refractivity contribution in [2.75, 3.05) is 69.8 Å². The number of halogens is 2. The number of rotatable bonds is 10. The summed E-state index contributed by atoms with van der Waals surface area (Å²) in [6, 6.07) is 12.6. The lowest BCUT2D eigenvalue weighted by Gasteiger charge is -2.43. The molecule has 2 aromatic heterocycles. The molecule has 13 nitrogen and oxygen atoms in total. The second-order valence-corrected chi connectivity index (χ2v) is 12.0. The fourth-order valence-electron chi connectivity index (χ4n) is 6.02. The Hall–Kier alpha value is -4.65. The number of hydrogen-bond acceptors (Lipinski definition) is 12. The van der Waals surface area contributed by atoms with Gasteiger partial charge in [0.1, 0.15) is 29.4 Å². The molecule has 6 rings (SSSR count). The first kappa shape index (κ1) is 33.3. The number of alkyl halides is 2. The first-order valence-corrected chi connectivity index (χ1v) is 16.0. The van der Waals surface area contributed by atoms with Crippen molar-refractivity contribution in [2.24, 2.45) is 0 Å². The number of benzene rings is 1. The van der Waals surface area contributed by atoms with E-state index < -0.39 is 30.6 Å². The monoisotopic (exact) mass is 664 g/mol. The van der Waals surface area contributed by atoms with Gasteiger partial charge in [0.15, 0.2) is 6.10 Å². The van der Waals surface area contributed by atoms with E-state index in [1.165, 1.54) is 12.1 Å². The van der Waals surface area contributed by atoms with Gasteiger partial charge in [0.2, 0.25) is 11.8 Å². The van der Waals surface area contributed by atoms with Crippen LogP contribution in [0.1, 0.15) is 25.3 Å². The number of hydrogen-bond donors (Lipinski definition) is 2. The van der Waals surface area contributed by atoms with E-state index >= 15 is 8.78 Å². The number of piperidine rings is 1. The molecule has 0 spiro atoms. The van der Waals surface area contributed by atoms with Gasteiger partial charge in [0.05, 0.1) is 44.2 Å². The Bertz CT molecular complexity index is 1660. The van der Waals surface area contributed by atoms with E-state index in [4.69, 9.17) is 14.2 Å². The normalized spacial score (nSPS) is 20.4. The van der Waals surface area contributed by atoms with E-state index in [2.05, 4.69) is 30.1 Å². The number of amides is 1. The van der Waals surface area contributed by atoms with Gasteiger partial charge in [-0.25, -0.2) is 18.7 Å². The van der Waals surface area contributed by atoms with E-state index in [9.17, 15) is 15.2 Å². The van der Waals surface area contributed by atoms with Crippen molar-refractivity contribution in [3.63, 3.8) is 0 Å². The molecule has 0 radical (unpaired) electrons. The number of aromatic nitrogens is 3. The molecule has 254 valence electrons. The standard InChI is InChI=1S/C33H38F2N8O5/c1-3-26(44)31(45)43-11-9-28(33(34,35)20-43)48-27-6-4-21(16-22(27)17-36)24-8-10-37-32(38-24)40-29-7-5-25(30(39-29)46-2)42-14-12-41(13-15-42)23-18-47-19-23/h4-8,10,16,23,26,28,44H,3,9,11-15,18-20H2,1-2H3,(H,37,38,39,40)/t26-,28?/m0/s1. The summed E-state index contributed by atoms with van der Waals surface area (Å²) in [6.45, 7) is 5.92. The zero-order valence-corrected chi connectivity index (χ0v) is 26.8. The molecule has 3 aliphatic rings. The third-order valence-electron chi connectivity index (χ3n) is 8.90. The van der Waals surface area contributed by atoms with Gasteiger partial charge in [-0.2, -0.15) is 10.2 Å².